The number of fused-ring (bicyclic) bond motifs is 1. The molecular weight excluding hydrogens is 318 g/mol. The molecule has 0 saturated carbocycles. The van der Waals surface area contributed by atoms with E-state index in [-0.39, 0.29) is 0 Å². The van der Waals surface area contributed by atoms with E-state index in [2.05, 4.69) is 60.4 Å². The van der Waals surface area contributed by atoms with E-state index in [4.69, 9.17) is 11.0 Å². The summed E-state index contributed by atoms with van der Waals surface area (Å²) < 4.78 is 0. The Morgan fingerprint density at radius 3 is 2.12 bits per heavy atom. The van der Waals surface area contributed by atoms with Gasteiger partial charge in [-0.1, -0.05) is 60.2 Å². The van der Waals surface area contributed by atoms with Gasteiger partial charge in [0.2, 0.25) is 0 Å². The maximum absolute atomic E-state index is 8.93. The highest BCUT2D eigenvalue weighted by Gasteiger charge is 2.10. The Morgan fingerprint density at radius 1 is 0.846 bits per heavy atom. The van der Waals surface area contributed by atoms with Crippen LogP contribution in [0.3, 0.4) is 0 Å². The number of hydrogen-bond acceptors (Lipinski definition) is 3. The molecule has 1 heterocycles. The number of aromatic nitrogens is 1. The lowest BCUT2D eigenvalue weighted by atomic mass is 9.96. The van der Waals surface area contributed by atoms with Gasteiger partial charge in [0.05, 0.1) is 11.6 Å². The Kier molecular flexibility index (Phi) is 3.87. The topological polar surface area (TPSA) is 62.7 Å². The predicted octanol–water partition coefficient (Wildman–Crippen LogP) is 5.33. The summed E-state index contributed by atoms with van der Waals surface area (Å²) in [5.74, 6) is 0.536. The molecule has 1 aromatic heterocycles. The highest BCUT2D eigenvalue weighted by molar-refractivity contribution is 6.01. The van der Waals surface area contributed by atoms with Crippen LogP contribution in [0.2, 0.25) is 0 Å². The van der Waals surface area contributed by atoms with Crippen molar-refractivity contribution in [1.82, 2.24) is 4.98 Å². The second kappa shape index (κ2) is 6.34. The minimum atomic E-state index is 0.536. The number of nitrogens with two attached hydrogens (primary N) is 1. The third-order valence-corrected chi connectivity index (χ3v) is 4.60. The van der Waals surface area contributed by atoms with Crippen LogP contribution in [-0.4, -0.2) is 4.98 Å². The van der Waals surface area contributed by atoms with Crippen molar-refractivity contribution in [2.45, 2.75) is 6.92 Å². The molecule has 4 rings (SSSR count). The van der Waals surface area contributed by atoms with Crippen LogP contribution in [0.5, 0.6) is 0 Å². The summed E-state index contributed by atoms with van der Waals surface area (Å²) in [7, 11) is 0. The predicted molar refractivity (Wildman–Crippen MR) is 106 cm³/mol. The molecule has 26 heavy (non-hydrogen) atoms. The summed E-state index contributed by atoms with van der Waals surface area (Å²) in [4.78, 5) is 4.36. The van der Waals surface area contributed by atoms with Crippen LogP contribution in [-0.2, 0) is 0 Å². The Balaban J connectivity index is 1.80. The first kappa shape index (κ1) is 15.9. The second-order valence-electron chi connectivity index (χ2n) is 6.38. The minimum absolute atomic E-state index is 0.536. The fraction of sp³-hybridized carbons (Fsp3) is 0.0435. The molecule has 2 N–H and O–H groups in total. The van der Waals surface area contributed by atoms with E-state index in [0.717, 1.165) is 33.0 Å². The van der Waals surface area contributed by atoms with Gasteiger partial charge in [-0.05, 0) is 41.1 Å². The summed E-state index contributed by atoms with van der Waals surface area (Å²) >= 11 is 0. The molecular formula is C23H17N3. The van der Waals surface area contributed by atoms with E-state index in [9.17, 15) is 0 Å². The fourth-order valence-electron chi connectivity index (χ4n) is 3.21. The average molecular weight is 335 g/mol. The van der Waals surface area contributed by atoms with Crippen molar-refractivity contribution < 1.29 is 0 Å². The van der Waals surface area contributed by atoms with Gasteiger partial charge in [-0.2, -0.15) is 5.26 Å². The van der Waals surface area contributed by atoms with Gasteiger partial charge >= 0.3 is 0 Å². The molecule has 0 aliphatic rings. The van der Waals surface area contributed by atoms with Gasteiger partial charge in [-0.25, -0.2) is 4.98 Å². The number of hydrogen-bond donors (Lipinski definition) is 1. The molecule has 3 aromatic carbocycles. The van der Waals surface area contributed by atoms with Crippen LogP contribution in [0.4, 0.5) is 5.82 Å². The van der Waals surface area contributed by atoms with E-state index in [1.807, 2.05) is 30.5 Å². The normalized spacial score (nSPS) is 10.6. The van der Waals surface area contributed by atoms with Crippen LogP contribution in [0.15, 0.2) is 72.9 Å². The number of pyridine rings is 1. The van der Waals surface area contributed by atoms with Crippen molar-refractivity contribution in [2.75, 3.05) is 5.73 Å². The third kappa shape index (κ3) is 2.78. The van der Waals surface area contributed by atoms with Crippen LogP contribution >= 0.6 is 0 Å². The van der Waals surface area contributed by atoms with Gasteiger partial charge < -0.3 is 5.73 Å². The molecule has 0 spiro atoms. The van der Waals surface area contributed by atoms with Crippen molar-refractivity contribution in [1.29, 1.82) is 5.26 Å². The van der Waals surface area contributed by atoms with Gasteiger partial charge in [0, 0.05) is 17.1 Å². The third-order valence-electron chi connectivity index (χ3n) is 4.60. The lowest BCUT2D eigenvalue weighted by molar-refractivity contribution is 1.36. The number of anilines is 1. The zero-order valence-electron chi connectivity index (χ0n) is 14.4. The number of benzene rings is 3. The van der Waals surface area contributed by atoms with Gasteiger partial charge in [-0.15, -0.1) is 0 Å². The first-order chi connectivity index (χ1) is 12.7. The van der Waals surface area contributed by atoms with Crippen LogP contribution in [0, 0.1) is 18.3 Å². The Labute approximate surface area is 152 Å². The molecule has 0 radical (unpaired) electrons. The summed E-state index contributed by atoms with van der Waals surface area (Å²) in [6.07, 6.45) is 1.82. The zero-order valence-corrected chi connectivity index (χ0v) is 14.4. The van der Waals surface area contributed by atoms with Gasteiger partial charge in [0.25, 0.3) is 0 Å². The molecule has 0 fully saturated rings. The smallest absolute Gasteiger partial charge is 0.131 e. The maximum atomic E-state index is 8.93. The van der Waals surface area contributed by atoms with Crippen LogP contribution in [0.25, 0.3) is 33.0 Å². The summed E-state index contributed by atoms with van der Waals surface area (Å²) in [6.45, 7) is 2.08. The molecule has 0 atom stereocenters. The van der Waals surface area contributed by atoms with Crippen molar-refractivity contribution in [3.63, 3.8) is 0 Å². The standard InChI is InChI=1S/C23H17N3/c1-15-2-5-20-14-26-23(25)22(21(20)12-15)19-10-8-18(9-11-19)17-6-3-16(13-24)4-7-17/h2-12,14H,1H3,(H2,25,26). The van der Waals surface area contributed by atoms with Gasteiger partial charge in [0.15, 0.2) is 0 Å². The molecule has 0 saturated heterocycles. The molecule has 0 bridgehead atoms. The Hall–Kier alpha value is -3.64. The van der Waals surface area contributed by atoms with E-state index in [1.54, 1.807) is 0 Å². The van der Waals surface area contributed by atoms with Crippen molar-refractivity contribution in [2.24, 2.45) is 0 Å². The van der Waals surface area contributed by atoms with Gasteiger partial charge in [0.1, 0.15) is 5.82 Å². The highest BCUT2D eigenvalue weighted by Crippen LogP contribution is 2.34. The molecule has 4 aromatic rings. The highest BCUT2D eigenvalue weighted by atomic mass is 14.8. The van der Waals surface area contributed by atoms with Gasteiger partial charge in [-0.3, -0.25) is 0 Å². The quantitative estimate of drug-likeness (QED) is 0.538. The maximum Gasteiger partial charge on any atom is 0.131 e. The van der Waals surface area contributed by atoms with Crippen LogP contribution < -0.4 is 5.73 Å². The average Bonchev–Trinajstić information content (AvgIpc) is 2.68. The van der Waals surface area contributed by atoms with E-state index in [1.165, 1.54) is 5.56 Å². The monoisotopic (exact) mass is 335 g/mol. The zero-order chi connectivity index (χ0) is 18.1. The van der Waals surface area contributed by atoms with Crippen molar-refractivity contribution in [3.05, 3.63) is 84.1 Å². The molecule has 124 valence electrons. The molecule has 3 heteroatoms. The van der Waals surface area contributed by atoms with E-state index >= 15 is 0 Å². The summed E-state index contributed by atoms with van der Waals surface area (Å²) in [5, 5.41) is 11.1. The number of aryl methyl sites for hydroxylation is 1. The number of nitriles is 1. The number of nitrogen functional groups attached to an aromatic ring is 1. The van der Waals surface area contributed by atoms with Crippen LogP contribution in [0.1, 0.15) is 11.1 Å². The molecule has 0 aliphatic heterocycles. The largest absolute Gasteiger partial charge is 0.383 e. The van der Waals surface area contributed by atoms with Crippen molar-refractivity contribution in [3.8, 4) is 28.3 Å². The lowest BCUT2D eigenvalue weighted by Gasteiger charge is -2.11. The van der Waals surface area contributed by atoms with E-state index in [0.29, 0.717) is 11.4 Å². The first-order valence-corrected chi connectivity index (χ1v) is 8.41. The number of rotatable bonds is 2. The van der Waals surface area contributed by atoms with E-state index < -0.39 is 0 Å². The summed E-state index contributed by atoms with van der Waals surface area (Å²) in [5.41, 5.74) is 12.3. The summed E-state index contributed by atoms with van der Waals surface area (Å²) in [6, 6.07) is 24.3. The Bertz CT molecular complexity index is 1130. The first-order valence-electron chi connectivity index (χ1n) is 8.41. The lowest BCUT2D eigenvalue weighted by Crippen LogP contribution is -1.95. The number of nitrogens with zero attached hydrogens (tertiary/aromatic N) is 2. The molecule has 3 nitrogen and oxygen atoms in total. The minimum Gasteiger partial charge on any atom is -0.383 e. The SMILES string of the molecule is Cc1ccc2cnc(N)c(-c3ccc(-c4ccc(C#N)cc4)cc3)c2c1. The second-order valence-corrected chi connectivity index (χ2v) is 6.38. The molecule has 0 aliphatic carbocycles. The molecule has 0 unspecified atom stereocenters. The van der Waals surface area contributed by atoms with Crippen molar-refractivity contribution >= 4 is 16.6 Å². The fourth-order valence-corrected chi connectivity index (χ4v) is 3.21. The molecule has 0 amide bonds. The Morgan fingerprint density at radius 2 is 1.46 bits per heavy atom.